The van der Waals surface area contributed by atoms with Gasteiger partial charge in [0.2, 0.25) is 0 Å². The minimum Gasteiger partial charge on any atom is -0.481 e. The van der Waals surface area contributed by atoms with Crippen molar-refractivity contribution in [2.45, 2.75) is 57.4 Å². The van der Waals surface area contributed by atoms with Gasteiger partial charge in [0.05, 0.1) is 5.92 Å². The lowest BCUT2D eigenvalue weighted by Crippen LogP contribution is -2.51. The first kappa shape index (κ1) is 14.7. The summed E-state index contributed by atoms with van der Waals surface area (Å²) in [5.41, 5.74) is 0. The van der Waals surface area contributed by atoms with Crippen molar-refractivity contribution < 1.29 is 14.7 Å². The quantitative estimate of drug-likeness (QED) is 0.840. The van der Waals surface area contributed by atoms with E-state index in [1.165, 1.54) is 19.3 Å². The molecule has 0 aromatic carbocycles. The molecule has 5 heteroatoms. The van der Waals surface area contributed by atoms with E-state index in [0.717, 1.165) is 38.6 Å². The van der Waals surface area contributed by atoms with Crippen LogP contribution in [0.4, 0.5) is 4.79 Å². The topological polar surface area (TPSA) is 69.6 Å². The number of carbonyl (C=O) groups excluding carboxylic acids is 1. The second-order valence-corrected chi connectivity index (χ2v) is 6.92. The Balaban J connectivity index is 1.53. The lowest BCUT2D eigenvalue weighted by atomic mass is 9.92. The molecule has 0 aromatic rings. The number of hydrogen-bond acceptors (Lipinski definition) is 2. The third kappa shape index (κ3) is 3.01. The number of rotatable bonds is 3. The zero-order valence-corrected chi connectivity index (χ0v) is 12.6. The van der Waals surface area contributed by atoms with Crippen molar-refractivity contribution in [2.75, 3.05) is 13.1 Å². The Morgan fingerprint density at radius 3 is 2.62 bits per heavy atom. The van der Waals surface area contributed by atoms with E-state index in [0.29, 0.717) is 18.5 Å². The Hall–Kier alpha value is -1.26. The highest BCUT2D eigenvalue weighted by atomic mass is 16.4. The van der Waals surface area contributed by atoms with E-state index in [1.807, 2.05) is 4.90 Å². The first-order valence-corrected chi connectivity index (χ1v) is 8.44. The minimum absolute atomic E-state index is 0.0302. The molecule has 0 aromatic heterocycles. The van der Waals surface area contributed by atoms with Gasteiger partial charge in [-0.15, -0.1) is 0 Å². The van der Waals surface area contributed by atoms with Crippen molar-refractivity contribution >= 4 is 12.0 Å². The van der Waals surface area contributed by atoms with Crippen molar-refractivity contribution in [3.8, 4) is 0 Å². The van der Waals surface area contributed by atoms with Gasteiger partial charge in [0.25, 0.3) is 0 Å². The summed E-state index contributed by atoms with van der Waals surface area (Å²) in [4.78, 5) is 25.6. The number of carbonyl (C=O) groups is 2. The monoisotopic (exact) mass is 294 g/mol. The van der Waals surface area contributed by atoms with Crippen LogP contribution >= 0.6 is 0 Å². The summed E-state index contributed by atoms with van der Waals surface area (Å²) >= 11 is 0. The minimum atomic E-state index is -0.708. The number of piperidine rings is 1. The fraction of sp³-hybridized carbons (Fsp3) is 0.875. The molecule has 2 saturated carbocycles. The highest BCUT2D eigenvalue weighted by Crippen LogP contribution is 2.37. The maximum Gasteiger partial charge on any atom is 0.317 e. The summed E-state index contributed by atoms with van der Waals surface area (Å²) in [5, 5.41) is 12.2. The number of likely N-dealkylation sites (tertiary alicyclic amines) is 1. The lowest BCUT2D eigenvalue weighted by molar-refractivity contribution is -0.142. The van der Waals surface area contributed by atoms with Crippen LogP contribution in [0, 0.1) is 17.8 Å². The largest absolute Gasteiger partial charge is 0.481 e. The number of nitrogens with zero attached hydrogens (tertiary/aromatic N) is 1. The number of nitrogens with one attached hydrogen (secondary N) is 1. The van der Waals surface area contributed by atoms with E-state index < -0.39 is 5.97 Å². The maximum atomic E-state index is 12.4. The van der Waals surface area contributed by atoms with Crippen LogP contribution < -0.4 is 5.32 Å². The Morgan fingerprint density at radius 2 is 1.81 bits per heavy atom. The summed E-state index contributed by atoms with van der Waals surface area (Å²) in [6.45, 7) is 1.38. The van der Waals surface area contributed by atoms with E-state index in [2.05, 4.69) is 5.32 Å². The van der Waals surface area contributed by atoms with E-state index in [4.69, 9.17) is 0 Å². The summed E-state index contributed by atoms with van der Waals surface area (Å²) in [6.07, 6.45) is 8.65. The van der Waals surface area contributed by atoms with Crippen LogP contribution in [0.1, 0.15) is 51.4 Å². The molecule has 2 aliphatic carbocycles. The van der Waals surface area contributed by atoms with Crippen LogP contribution in [-0.4, -0.2) is 41.1 Å². The molecule has 0 radical (unpaired) electrons. The van der Waals surface area contributed by atoms with Crippen molar-refractivity contribution in [1.29, 1.82) is 0 Å². The molecule has 0 bridgehead atoms. The molecule has 3 fully saturated rings. The average Bonchev–Trinajstić information content (AvgIpc) is 3.12. The summed E-state index contributed by atoms with van der Waals surface area (Å²) in [6, 6.07) is 0.459. The smallest absolute Gasteiger partial charge is 0.317 e. The van der Waals surface area contributed by atoms with Gasteiger partial charge in [-0.25, -0.2) is 4.79 Å². The van der Waals surface area contributed by atoms with Crippen LogP contribution in [0.3, 0.4) is 0 Å². The molecular formula is C16H26N2O3. The molecule has 3 rings (SSSR count). The van der Waals surface area contributed by atoms with Crippen molar-refractivity contribution in [3.05, 3.63) is 0 Å². The molecule has 118 valence electrons. The van der Waals surface area contributed by atoms with Gasteiger partial charge in [-0.05, 0) is 50.4 Å². The van der Waals surface area contributed by atoms with Crippen LogP contribution in [0.15, 0.2) is 0 Å². The Bertz CT molecular complexity index is 412. The van der Waals surface area contributed by atoms with Gasteiger partial charge in [-0.2, -0.15) is 0 Å². The van der Waals surface area contributed by atoms with Gasteiger partial charge >= 0.3 is 12.0 Å². The average molecular weight is 294 g/mol. The molecule has 3 aliphatic rings. The molecule has 0 spiro atoms. The number of hydrogen-bond donors (Lipinski definition) is 2. The van der Waals surface area contributed by atoms with E-state index in [-0.39, 0.29) is 17.9 Å². The Morgan fingerprint density at radius 1 is 1.05 bits per heavy atom. The van der Waals surface area contributed by atoms with Gasteiger partial charge < -0.3 is 15.3 Å². The van der Waals surface area contributed by atoms with Gasteiger partial charge in [0.1, 0.15) is 0 Å². The molecular weight excluding hydrogens is 268 g/mol. The van der Waals surface area contributed by atoms with E-state index >= 15 is 0 Å². The number of urea groups is 1. The molecule has 1 heterocycles. The fourth-order valence-electron chi connectivity index (χ4n) is 4.63. The number of carboxylic acid groups (broad SMARTS) is 1. The van der Waals surface area contributed by atoms with Crippen LogP contribution in [0.5, 0.6) is 0 Å². The predicted molar refractivity (Wildman–Crippen MR) is 78.9 cm³/mol. The summed E-state index contributed by atoms with van der Waals surface area (Å²) in [5.74, 6) is -0.176. The standard InChI is InChI=1S/C16H26N2O3/c19-15(20)13-7-1-5-12(13)10-17-16(21)18-9-3-6-11-4-2-8-14(11)18/h11-14H,1-10H2,(H,17,21)(H,19,20). The molecule has 1 aliphatic heterocycles. The second-order valence-electron chi connectivity index (χ2n) is 6.92. The zero-order chi connectivity index (χ0) is 14.8. The number of amides is 2. The Kier molecular flexibility index (Phi) is 4.36. The fourth-order valence-corrected chi connectivity index (χ4v) is 4.63. The molecule has 1 saturated heterocycles. The normalized spacial score (nSPS) is 35.5. The summed E-state index contributed by atoms with van der Waals surface area (Å²) < 4.78 is 0. The van der Waals surface area contributed by atoms with Crippen LogP contribution in [-0.2, 0) is 4.79 Å². The molecule has 2 amide bonds. The van der Waals surface area contributed by atoms with Crippen molar-refractivity contribution in [1.82, 2.24) is 10.2 Å². The second kappa shape index (κ2) is 6.24. The van der Waals surface area contributed by atoms with E-state index in [1.54, 1.807) is 0 Å². The van der Waals surface area contributed by atoms with Crippen LogP contribution in [0.2, 0.25) is 0 Å². The zero-order valence-electron chi connectivity index (χ0n) is 12.6. The third-order valence-corrected chi connectivity index (χ3v) is 5.75. The highest BCUT2D eigenvalue weighted by molar-refractivity contribution is 5.75. The maximum absolute atomic E-state index is 12.4. The molecule has 2 N–H and O–H groups in total. The van der Waals surface area contributed by atoms with Gasteiger partial charge in [-0.1, -0.05) is 12.8 Å². The van der Waals surface area contributed by atoms with Crippen LogP contribution in [0.25, 0.3) is 0 Å². The first-order valence-electron chi connectivity index (χ1n) is 8.44. The SMILES string of the molecule is O=C(O)C1CCCC1CNC(=O)N1CCCC2CCCC21. The summed E-state index contributed by atoms with van der Waals surface area (Å²) in [7, 11) is 0. The third-order valence-electron chi connectivity index (χ3n) is 5.75. The van der Waals surface area contributed by atoms with Gasteiger partial charge in [0.15, 0.2) is 0 Å². The van der Waals surface area contributed by atoms with E-state index in [9.17, 15) is 14.7 Å². The molecule has 4 atom stereocenters. The Labute approximate surface area is 126 Å². The molecule has 21 heavy (non-hydrogen) atoms. The first-order chi connectivity index (χ1) is 10.2. The van der Waals surface area contributed by atoms with Gasteiger partial charge in [0, 0.05) is 19.1 Å². The predicted octanol–water partition coefficient (Wildman–Crippen LogP) is 2.46. The number of carboxylic acids is 1. The van der Waals surface area contributed by atoms with Crippen molar-refractivity contribution in [3.63, 3.8) is 0 Å². The molecule has 4 unspecified atom stereocenters. The van der Waals surface area contributed by atoms with Crippen molar-refractivity contribution in [2.24, 2.45) is 17.8 Å². The number of aliphatic carboxylic acids is 1. The lowest BCUT2D eigenvalue weighted by Gasteiger charge is -2.38. The van der Waals surface area contributed by atoms with Gasteiger partial charge in [-0.3, -0.25) is 4.79 Å². The number of fused-ring (bicyclic) bond motifs is 1. The molecule has 5 nitrogen and oxygen atoms in total. The highest BCUT2D eigenvalue weighted by Gasteiger charge is 2.38.